The number of aryl methyl sites for hydroxylation is 1. The highest BCUT2D eigenvalue weighted by molar-refractivity contribution is 9.11. The van der Waals surface area contributed by atoms with Gasteiger partial charge in [0.25, 0.3) is 0 Å². The topological polar surface area (TPSA) is 101 Å². The molecule has 4 aromatic heterocycles. The number of aromatic nitrogens is 7. The highest BCUT2D eigenvalue weighted by Gasteiger charge is 2.20. The molecule has 0 fully saturated rings. The Kier molecular flexibility index (Phi) is 5.37. The normalized spacial score (nSPS) is 11.5. The molecule has 0 aliphatic rings. The number of aromatic amines is 1. The van der Waals surface area contributed by atoms with Gasteiger partial charge < -0.3 is 9.32 Å². The molecular weight excluding hydrogens is 576 g/mol. The van der Waals surface area contributed by atoms with E-state index >= 15 is 0 Å². The van der Waals surface area contributed by atoms with Gasteiger partial charge in [-0.05, 0) is 66.9 Å². The Morgan fingerprint density at radius 3 is 2.69 bits per heavy atom. The number of benzene rings is 2. The van der Waals surface area contributed by atoms with E-state index in [2.05, 4.69) is 81.5 Å². The third kappa shape index (κ3) is 3.62. The summed E-state index contributed by atoms with van der Waals surface area (Å²) in [6, 6.07) is 16.0. The summed E-state index contributed by atoms with van der Waals surface area (Å²) in [6.45, 7) is 2.09. The maximum absolute atomic E-state index is 6.29. The van der Waals surface area contributed by atoms with E-state index in [0.29, 0.717) is 11.6 Å². The first kappa shape index (κ1) is 21.9. The van der Waals surface area contributed by atoms with Crippen LogP contribution in [0.25, 0.3) is 39.3 Å². The van der Waals surface area contributed by atoms with Crippen molar-refractivity contribution in [2.75, 3.05) is 11.9 Å². The van der Waals surface area contributed by atoms with Gasteiger partial charge in [-0.1, -0.05) is 31.2 Å². The number of nitrogens with one attached hydrogen (secondary N) is 1. The molecule has 1 N–H and O–H groups in total. The molecule has 0 saturated heterocycles. The number of furan rings is 1. The van der Waals surface area contributed by atoms with Crippen LogP contribution in [0, 0.1) is 0 Å². The predicted octanol–water partition coefficient (Wildman–Crippen LogP) is 6.18. The van der Waals surface area contributed by atoms with Gasteiger partial charge in [0.2, 0.25) is 0 Å². The van der Waals surface area contributed by atoms with Crippen LogP contribution in [-0.2, 0) is 6.42 Å². The van der Waals surface area contributed by atoms with Crippen LogP contribution in [0.4, 0.5) is 11.5 Å². The van der Waals surface area contributed by atoms with Crippen LogP contribution in [0.2, 0.25) is 0 Å². The van der Waals surface area contributed by atoms with Gasteiger partial charge >= 0.3 is 0 Å². The van der Waals surface area contributed by atoms with Crippen molar-refractivity contribution < 1.29 is 4.42 Å². The first-order valence-corrected chi connectivity index (χ1v) is 12.5. The Labute approximate surface area is 216 Å². The van der Waals surface area contributed by atoms with E-state index < -0.39 is 0 Å². The van der Waals surface area contributed by atoms with Gasteiger partial charge in [0.1, 0.15) is 17.2 Å². The lowest BCUT2D eigenvalue weighted by atomic mass is 10.0. The van der Waals surface area contributed by atoms with E-state index in [1.165, 1.54) is 0 Å². The van der Waals surface area contributed by atoms with E-state index in [1.807, 2.05) is 48.0 Å². The number of rotatable bonds is 5. The van der Waals surface area contributed by atoms with Crippen LogP contribution in [-0.4, -0.2) is 42.3 Å². The Bertz CT molecular complexity index is 1690. The molecule has 9 nitrogen and oxygen atoms in total. The van der Waals surface area contributed by atoms with Crippen LogP contribution in [0.1, 0.15) is 12.6 Å². The zero-order chi connectivity index (χ0) is 24.1. The Morgan fingerprint density at radius 2 is 1.91 bits per heavy atom. The van der Waals surface area contributed by atoms with Gasteiger partial charge in [-0.25, -0.2) is 10.1 Å². The first-order chi connectivity index (χ1) is 17.0. The van der Waals surface area contributed by atoms with Crippen LogP contribution >= 0.6 is 31.9 Å². The fourth-order valence-electron chi connectivity index (χ4n) is 4.12. The number of fused-ring (bicyclic) bond motifs is 2. The summed E-state index contributed by atoms with van der Waals surface area (Å²) in [7, 11) is 2.02. The van der Waals surface area contributed by atoms with Crippen LogP contribution in [0.5, 0.6) is 0 Å². The number of anilines is 2. The molecule has 0 aliphatic heterocycles. The minimum Gasteiger partial charge on any atom is -0.455 e. The van der Waals surface area contributed by atoms with E-state index in [9.17, 15) is 0 Å². The summed E-state index contributed by atoms with van der Waals surface area (Å²) in [4.78, 5) is 6.81. The molecular formula is C24H18Br2N8O. The summed E-state index contributed by atoms with van der Waals surface area (Å²) in [6.07, 6.45) is 2.59. The molecule has 0 amide bonds. The molecule has 35 heavy (non-hydrogen) atoms. The SMILES string of the molecule is CCc1cc(N(C)c2ccc3oc(-c4ccccc4-c4nnn[nH]4)c(Br)c3c2)n2ncc(Br)c2n1. The van der Waals surface area contributed by atoms with Gasteiger partial charge in [0.15, 0.2) is 11.5 Å². The van der Waals surface area contributed by atoms with Crippen molar-refractivity contribution in [2.45, 2.75) is 13.3 Å². The van der Waals surface area contributed by atoms with Crippen molar-refractivity contribution in [1.29, 1.82) is 0 Å². The molecule has 11 heteroatoms. The molecule has 4 heterocycles. The molecule has 0 aliphatic carbocycles. The molecule has 0 saturated carbocycles. The Hall–Kier alpha value is -3.57. The number of nitrogens with zero attached hydrogens (tertiary/aromatic N) is 7. The summed E-state index contributed by atoms with van der Waals surface area (Å²) >= 11 is 7.34. The minimum atomic E-state index is 0.576. The summed E-state index contributed by atoms with van der Waals surface area (Å²) in [5.74, 6) is 2.20. The smallest absolute Gasteiger partial charge is 0.180 e. The van der Waals surface area contributed by atoms with E-state index in [4.69, 9.17) is 9.40 Å². The van der Waals surface area contributed by atoms with Crippen molar-refractivity contribution >= 4 is 60.0 Å². The number of halogens is 2. The molecule has 0 unspecified atom stereocenters. The monoisotopic (exact) mass is 592 g/mol. The maximum atomic E-state index is 6.29. The van der Waals surface area contributed by atoms with Gasteiger partial charge in [-0.15, -0.1) is 5.10 Å². The standard InChI is InChI=1S/C24H18Br2N8O/c1-3-13-10-20(34-24(28-13)18(25)12-27-34)33(2)14-8-9-19-17(11-14)21(26)22(35-19)15-6-4-5-7-16(15)23-29-31-32-30-23/h4-12H,3H2,1-2H3,(H,29,30,31,32). The molecule has 6 aromatic rings. The quantitative estimate of drug-likeness (QED) is 0.255. The second-order valence-corrected chi connectivity index (χ2v) is 9.61. The number of hydrogen-bond donors (Lipinski definition) is 1. The molecule has 0 spiro atoms. The van der Waals surface area contributed by atoms with Crippen LogP contribution in [0.15, 0.2) is 68.1 Å². The predicted molar refractivity (Wildman–Crippen MR) is 141 cm³/mol. The molecule has 2 aromatic carbocycles. The van der Waals surface area contributed by atoms with Crippen molar-refractivity contribution in [1.82, 2.24) is 35.2 Å². The summed E-state index contributed by atoms with van der Waals surface area (Å²) < 4.78 is 9.85. The fraction of sp³-hybridized carbons (Fsp3) is 0.125. The number of H-pyrrole nitrogens is 1. The zero-order valence-electron chi connectivity index (χ0n) is 18.7. The second kappa shape index (κ2) is 8.58. The summed E-state index contributed by atoms with van der Waals surface area (Å²) in [5.41, 5.74) is 5.27. The van der Waals surface area contributed by atoms with Gasteiger partial charge in [0, 0.05) is 41.0 Å². The lowest BCUT2D eigenvalue weighted by Gasteiger charge is -2.21. The summed E-state index contributed by atoms with van der Waals surface area (Å²) in [5, 5.41) is 19.8. The molecule has 0 bridgehead atoms. The second-order valence-electron chi connectivity index (χ2n) is 7.97. The highest BCUT2D eigenvalue weighted by Crippen LogP contribution is 2.42. The average molecular weight is 594 g/mol. The third-order valence-corrected chi connectivity index (χ3v) is 7.29. The lowest BCUT2D eigenvalue weighted by molar-refractivity contribution is 0.630. The zero-order valence-corrected chi connectivity index (χ0v) is 21.9. The molecule has 0 radical (unpaired) electrons. The largest absolute Gasteiger partial charge is 0.455 e. The fourth-order valence-corrected chi connectivity index (χ4v) is 5.07. The lowest BCUT2D eigenvalue weighted by Crippen LogP contribution is -2.15. The first-order valence-electron chi connectivity index (χ1n) is 10.9. The van der Waals surface area contributed by atoms with E-state index in [0.717, 1.165) is 60.3 Å². The van der Waals surface area contributed by atoms with Gasteiger partial charge in [-0.2, -0.15) is 9.61 Å². The Balaban J connectivity index is 1.47. The van der Waals surface area contributed by atoms with Crippen LogP contribution in [0.3, 0.4) is 0 Å². The highest BCUT2D eigenvalue weighted by atomic mass is 79.9. The molecule has 174 valence electrons. The van der Waals surface area contributed by atoms with Crippen molar-refractivity contribution in [2.24, 2.45) is 0 Å². The average Bonchev–Trinajstić information content (AvgIpc) is 3.63. The van der Waals surface area contributed by atoms with E-state index in [1.54, 1.807) is 6.20 Å². The van der Waals surface area contributed by atoms with E-state index in [-0.39, 0.29) is 0 Å². The number of hydrogen-bond acceptors (Lipinski definition) is 7. The van der Waals surface area contributed by atoms with Gasteiger partial charge in [0.05, 0.1) is 15.1 Å². The van der Waals surface area contributed by atoms with Crippen molar-refractivity contribution in [3.63, 3.8) is 0 Å². The van der Waals surface area contributed by atoms with Gasteiger partial charge in [-0.3, -0.25) is 0 Å². The third-order valence-electron chi connectivity index (χ3n) is 5.94. The minimum absolute atomic E-state index is 0.576. The molecule has 6 rings (SSSR count). The van der Waals surface area contributed by atoms with Crippen molar-refractivity contribution in [3.05, 3.63) is 69.4 Å². The van der Waals surface area contributed by atoms with Crippen LogP contribution < -0.4 is 4.90 Å². The number of tetrazole rings is 1. The van der Waals surface area contributed by atoms with Crippen molar-refractivity contribution in [3.8, 4) is 22.7 Å². The Morgan fingerprint density at radius 1 is 1.09 bits per heavy atom. The molecule has 0 atom stereocenters. The maximum Gasteiger partial charge on any atom is 0.180 e.